The smallest absolute Gasteiger partial charge is 0.222 e. The van der Waals surface area contributed by atoms with Crippen molar-refractivity contribution in [3.8, 4) is 0 Å². The predicted molar refractivity (Wildman–Crippen MR) is 120 cm³/mol. The summed E-state index contributed by atoms with van der Waals surface area (Å²) in [5.74, 6) is -0.669. The monoisotopic (exact) mass is 424 g/mol. The molecular formula is C24H32N4O3. The summed E-state index contributed by atoms with van der Waals surface area (Å²) >= 11 is 0. The fraction of sp³-hybridized carbons (Fsp3) is 0.458. The Morgan fingerprint density at radius 3 is 2.39 bits per heavy atom. The van der Waals surface area contributed by atoms with Crippen LogP contribution in [0.2, 0.25) is 0 Å². The van der Waals surface area contributed by atoms with Crippen molar-refractivity contribution in [1.29, 1.82) is 0 Å². The molecule has 7 nitrogen and oxygen atoms in total. The standard InChI is InChI=1S/C24H32N4O3/c1-16(2)12-23(9-6-10-25)22(31)19(15-27-23)24(13-17-7-4-3-5-8-17)21(30)18(14-28-24)11-20(26)29/h3-5,7-8,14-16,27-28H,6,9-13,25H2,1-2H3,(H2,26,29). The van der Waals surface area contributed by atoms with Crippen LogP contribution in [-0.4, -0.2) is 35.1 Å². The summed E-state index contributed by atoms with van der Waals surface area (Å²) in [5, 5.41) is 6.50. The lowest BCUT2D eigenvalue weighted by molar-refractivity contribution is -0.125. The summed E-state index contributed by atoms with van der Waals surface area (Å²) in [6.07, 6.45) is 5.29. The van der Waals surface area contributed by atoms with Gasteiger partial charge in [0.2, 0.25) is 5.91 Å². The maximum Gasteiger partial charge on any atom is 0.222 e. The highest BCUT2D eigenvalue weighted by atomic mass is 16.2. The molecular weight excluding hydrogens is 392 g/mol. The van der Waals surface area contributed by atoms with Gasteiger partial charge < -0.3 is 22.1 Å². The summed E-state index contributed by atoms with van der Waals surface area (Å²) in [6.45, 7) is 4.63. The topological polar surface area (TPSA) is 127 Å². The minimum atomic E-state index is -1.27. The van der Waals surface area contributed by atoms with Gasteiger partial charge in [-0.25, -0.2) is 0 Å². The molecule has 0 aliphatic carbocycles. The van der Waals surface area contributed by atoms with E-state index < -0.39 is 17.0 Å². The molecule has 2 unspecified atom stereocenters. The molecule has 6 N–H and O–H groups in total. The van der Waals surface area contributed by atoms with Crippen molar-refractivity contribution in [2.24, 2.45) is 17.4 Å². The van der Waals surface area contributed by atoms with E-state index in [9.17, 15) is 14.4 Å². The first-order valence-corrected chi connectivity index (χ1v) is 10.8. The van der Waals surface area contributed by atoms with Gasteiger partial charge in [0.05, 0.1) is 6.42 Å². The molecule has 1 amide bonds. The molecule has 0 saturated heterocycles. The average molecular weight is 425 g/mol. The lowest BCUT2D eigenvalue weighted by Crippen LogP contribution is -2.55. The first-order valence-electron chi connectivity index (χ1n) is 10.8. The van der Waals surface area contributed by atoms with E-state index in [0.29, 0.717) is 43.4 Å². The zero-order valence-corrected chi connectivity index (χ0v) is 18.2. The van der Waals surface area contributed by atoms with Crippen LogP contribution >= 0.6 is 0 Å². The maximum atomic E-state index is 13.8. The van der Waals surface area contributed by atoms with Gasteiger partial charge in [0.25, 0.3) is 0 Å². The number of nitrogens with one attached hydrogen (secondary N) is 2. The molecule has 0 radical (unpaired) electrons. The third-order valence-electron chi connectivity index (χ3n) is 6.05. The van der Waals surface area contributed by atoms with Crippen molar-refractivity contribution < 1.29 is 14.4 Å². The summed E-state index contributed by atoms with van der Waals surface area (Å²) in [5.41, 5.74) is 10.6. The van der Waals surface area contributed by atoms with Gasteiger partial charge in [-0.05, 0) is 37.3 Å². The fourth-order valence-electron chi connectivity index (χ4n) is 4.72. The van der Waals surface area contributed by atoms with E-state index in [-0.39, 0.29) is 23.9 Å². The first kappa shape index (κ1) is 22.7. The molecule has 2 heterocycles. The number of rotatable bonds is 10. The van der Waals surface area contributed by atoms with Crippen molar-refractivity contribution in [2.75, 3.05) is 6.54 Å². The Morgan fingerprint density at radius 2 is 1.77 bits per heavy atom. The van der Waals surface area contributed by atoms with Crippen molar-refractivity contribution in [3.05, 3.63) is 59.4 Å². The Bertz CT molecular complexity index is 922. The van der Waals surface area contributed by atoms with Crippen LogP contribution in [0.3, 0.4) is 0 Å². The number of benzene rings is 1. The SMILES string of the molecule is CC(C)CC1(CCCN)NC=C(C2(Cc3ccccc3)NC=C(CC(N)=O)C2=O)C1=O. The van der Waals surface area contributed by atoms with Gasteiger partial charge in [0.15, 0.2) is 11.6 Å². The van der Waals surface area contributed by atoms with Crippen LogP contribution in [-0.2, 0) is 20.8 Å². The maximum absolute atomic E-state index is 13.8. The van der Waals surface area contributed by atoms with E-state index in [0.717, 1.165) is 5.56 Å². The molecule has 0 aromatic heterocycles. The van der Waals surface area contributed by atoms with Gasteiger partial charge in [-0.15, -0.1) is 0 Å². The second-order valence-corrected chi connectivity index (χ2v) is 8.96. The summed E-state index contributed by atoms with van der Waals surface area (Å²) < 4.78 is 0. The molecule has 166 valence electrons. The molecule has 3 rings (SSSR count). The summed E-state index contributed by atoms with van der Waals surface area (Å²) in [4.78, 5) is 38.9. The molecule has 2 aliphatic rings. The van der Waals surface area contributed by atoms with Crippen molar-refractivity contribution in [1.82, 2.24) is 10.6 Å². The lowest BCUT2D eigenvalue weighted by Gasteiger charge is -2.34. The fourth-order valence-corrected chi connectivity index (χ4v) is 4.72. The van der Waals surface area contributed by atoms with Gasteiger partial charge in [-0.3, -0.25) is 14.4 Å². The van der Waals surface area contributed by atoms with E-state index in [4.69, 9.17) is 11.5 Å². The van der Waals surface area contributed by atoms with Crippen LogP contribution in [0.15, 0.2) is 53.9 Å². The van der Waals surface area contributed by atoms with Gasteiger partial charge >= 0.3 is 0 Å². The summed E-state index contributed by atoms with van der Waals surface area (Å²) in [6, 6.07) is 9.54. The highest BCUT2D eigenvalue weighted by Gasteiger charge is 2.55. The van der Waals surface area contributed by atoms with Crippen LogP contribution in [0.4, 0.5) is 0 Å². The van der Waals surface area contributed by atoms with Crippen LogP contribution in [0.1, 0.15) is 45.1 Å². The van der Waals surface area contributed by atoms with Crippen LogP contribution < -0.4 is 22.1 Å². The minimum Gasteiger partial charge on any atom is -0.378 e. The predicted octanol–water partition coefficient (Wildman–Crippen LogP) is 1.48. The molecule has 0 bridgehead atoms. The normalized spacial score (nSPS) is 25.3. The second kappa shape index (κ2) is 9.06. The van der Waals surface area contributed by atoms with Gasteiger partial charge in [-0.2, -0.15) is 0 Å². The van der Waals surface area contributed by atoms with E-state index >= 15 is 0 Å². The molecule has 7 heteroatoms. The van der Waals surface area contributed by atoms with Crippen molar-refractivity contribution in [2.45, 2.75) is 57.0 Å². The zero-order valence-electron chi connectivity index (χ0n) is 18.2. The van der Waals surface area contributed by atoms with E-state index in [1.54, 1.807) is 6.20 Å². The third-order valence-corrected chi connectivity index (χ3v) is 6.05. The number of carbonyl (C=O) groups is 3. The Labute approximate surface area is 183 Å². The number of Topliss-reactive ketones (excluding diaryl/α,β-unsaturated/α-hetero) is 2. The Balaban J connectivity index is 2.00. The molecule has 0 saturated carbocycles. The molecule has 2 aliphatic heterocycles. The number of hydrogen-bond acceptors (Lipinski definition) is 6. The van der Waals surface area contributed by atoms with Gasteiger partial charge in [0, 0.05) is 30.0 Å². The van der Waals surface area contributed by atoms with Gasteiger partial charge in [-0.1, -0.05) is 44.2 Å². The second-order valence-electron chi connectivity index (χ2n) is 8.96. The molecule has 0 fully saturated rings. The van der Waals surface area contributed by atoms with E-state index in [1.807, 2.05) is 30.3 Å². The number of amides is 1. The number of carbonyl (C=O) groups excluding carboxylic acids is 3. The molecule has 1 aromatic carbocycles. The van der Waals surface area contributed by atoms with E-state index in [2.05, 4.69) is 24.5 Å². The molecule has 31 heavy (non-hydrogen) atoms. The minimum absolute atomic E-state index is 0.0832. The van der Waals surface area contributed by atoms with Crippen LogP contribution in [0, 0.1) is 5.92 Å². The zero-order chi connectivity index (χ0) is 22.6. The lowest BCUT2D eigenvalue weighted by atomic mass is 9.73. The molecule has 2 atom stereocenters. The molecule has 1 aromatic rings. The van der Waals surface area contributed by atoms with Crippen LogP contribution in [0.25, 0.3) is 0 Å². The van der Waals surface area contributed by atoms with Crippen molar-refractivity contribution in [3.63, 3.8) is 0 Å². The van der Waals surface area contributed by atoms with E-state index in [1.165, 1.54) is 6.20 Å². The largest absolute Gasteiger partial charge is 0.378 e. The highest BCUT2D eigenvalue weighted by Crippen LogP contribution is 2.39. The number of nitrogens with two attached hydrogens (primary N) is 2. The Hall–Kier alpha value is -2.93. The summed E-state index contributed by atoms with van der Waals surface area (Å²) in [7, 11) is 0. The highest BCUT2D eigenvalue weighted by molar-refractivity contribution is 6.18. The third kappa shape index (κ3) is 4.42. The van der Waals surface area contributed by atoms with Crippen LogP contribution in [0.5, 0.6) is 0 Å². The number of hydrogen-bond donors (Lipinski definition) is 4. The quantitative estimate of drug-likeness (QED) is 0.451. The molecule has 0 spiro atoms. The van der Waals surface area contributed by atoms with Crippen molar-refractivity contribution >= 4 is 17.5 Å². The Kier molecular flexibility index (Phi) is 6.65. The average Bonchev–Trinajstić information content (AvgIpc) is 3.19. The van der Waals surface area contributed by atoms with Gasteiger partial charge in [0.1, 0.15) is 11.1 Å². The number of ketones is 2. The number of primary amides is 1. The Morgan fingerprint density at radius 1 is 1.06 bits per heavy atom. The first-order chi connectivity index (χ1) is 14.7.